The number of carbonyl (C=O) groups excluding carboxylic acids is 3. The van der Waals surface area contributed by atoms with Crippen molar-refractivity contribution >= 4 is 39.9 Å². The molecule has 0 unspecified atom stereocenters. The van der Waals surface area contributed by atoms with Gasteiger partial charge in [0.25, 0.3) is 0 Å². The van der Waals surface area contributed by atoms with Gasteiger partial charge in [0.05, 0.1) is 0 Å². The second-order valence-corrected chi connectivity index (χ2v) is 10.8. The zero-order valence-electron chi connectivity index (χ0n) is 20.8. The third-order valence-corrected chi connectivity index (χ3v) is 7.28. The summed E-state index contributed by atoms with van der Waals surface area (Å²) in [4.78, 5) is 39.8. The molecule has 0 saturated heterocycles. The van der Waals surface area contributed by atoms with E-state index in [1.807, 2.05) is 51.1 Å². The van der Waals surface area contributed by atoms with Crippen molar-refractivity contribution in [2.45, 2.75) is 58.9 Å². The van der Waals surface area contributed by atoms with Gasteiger partial charge in [-0.25, -0.2) is 0 Å². The van der Waals surface area contributed by atoms with Gasteiger partial charge >= 0.3 is 0 Å². The van der Waals surface area contributed by atoms with Crippen LogP contribution in [0, 0.1) is 20.8 Å². The van der Waals surface area contributed by atoms with Crippen LogP contribution in [0.5, 0.6) is 0 Å². The van der Waals surface area contributed by atoms with Crippen LogP contribution in [0.3, 0.4) is 0 Å². The first-order valence-electron chi connectivity index (χ1n) is 12.1. The predicted molar refractivity (Wildman–Crippen MR) is 141 cm³/mol. The fraction of sp³-hybridized carbons (Fsp3) is 0.444. The summed E-state index contributed by atoms with van der Waals surface area (Å²) in [5.41, 5.74) is 4.19. The Balaban J connectivity index is 1.65. The average Bonchev–Trinajstić information content (AvgIpc) is 2.80. The second kappa shape index (κ2) is 12.6. The summed E-state index contributed by atoms with van der Waals surface area (Å²) >= 11 is 0. The van der Waals surface area contributed by atoms with Crippen molar-refractivity contribution in [1.29, 1.82) is 0 Å². The van der Waals surface area contributed by atoms with E-state index in [4.69, 9.17) is 0 Å². The van der Waals surface area contributed by atoms with Crippen LogP contribution in [0.15, 0.2) is 42.5 Å². The van der Waals surface area contributed by atoms with Crippen molar-refractivity contribution in [2.75, 3.05) is 28.3 Å². The van der Waals surface area contributed by atoms with E-state index in [9.17, 15) is 18.6 Å². The van der Waals surface area contributed by atoms with Crippen LogP contribution in [0.4, 0.5) is 11.4 Å². The van der Waals surface area contributed by atoms with E-state index < -0.39 is 22.6 Å². The van der Waals surface area contributed by atoms with E-state index in [0.717, 1.165) is 42.4 Å². The number of carbonyl (C=O) groups is 3. The van der Waals surface area contributed by atoms with Gasteiger partial charge in [0.15, 0.2) is 0 Å². The minimum atomic E-state index is -1.72. The second-order valence-electron chi connectivity index (χ2n) is 9.31. The largest absolute Gasteiger partial charge is 0.352 e. The van der Waals surface area contributed by atoms with E-state index in [0.29, 0.717) is 11.4 Å². The first-order valence-corrected chi connectivity index (χ1v) is 13.6. The van der Waals surface area contributed by atoms with E-state index in [-0.39, 0.29) is 30.0 Å². The van der Waals surface area contributed by atoms with Gasteiger partial charge < -0.3 is 15.5 Å². The Morgan fingerprint density at radius 3 is 2.20 bits per heavy atom. The molecule has 2 aromatic rings. The molecule has 8 heteroatoms. The highest BCUT2D eigenvalue weighted by atomic mass is 32.2. The first kappa shape index (κ1) is 26.6. The topological polar surface area (TPSA) is 95.6 Å². The summed E-state index contributed by atoms with van der Waals surface area (Å²) in [6.07, 6.45) is 5.26. The standard InChI is InChI=1S/C27H35N3O4S/c1-19-9-12-23(13-10-19)29-26(32)17-35(34)18-27(33)30(24-14-11-20(2)15-21(24)3)16-25(31)28-22-7-5-4-6-8-22/h9-15,22H,4-8,16-18H2,1-3H3,(H,28,31)(H,29,32)/t35-/m0/s1. The summed E-state index contributed by atoms with van der Waals surface area (Å²) in [5.74, 6) is -1.74. The quantitative estimate of drug-likeness (QED) is 0.551. The number of rotatable bonds is 9. The minimum absolute atomic E-state index is 0.131. The monoisotopic (exact) mass is 497 g/mol. The Hall–Kier alpha value is -3.00. The molecular weight excluding hydrogens is 462 g/mol. The maximum atomic E-state index is 13.2. The normalized spacial score (nSPS) is 14.7. The van der Waals surface area contributed by atoms with Gasteiger partial charge in [-0.2, -0.15) is 0 Å². The molecule has 1 atom stereocenters. The lowest BCUT2D eigenvalue weighted by Crippen LogP contribution is -2.46. The highest BCUT2D eigenvalue weighted by molar-refractivity contribution is 7.86. The van der Waals surface area contributed by atoms with Crippen molar-refractivity contribution in [2.24, 2.45) is 0 Å². The molecule has 1 aliphatic rings. The molecule has 7 nitrogen and oxygen atoms in total. The summed E-state index contributed by atoms with van der Waals surface area (Å²) in [7, 11) is -1.72. The van der Waals surface area contributed by atoms with Gasteiger partial charge in [0.1, 0.15) is 18.1 Å². The van der Waals surface area contributed by atoms with Gasteiger partial charge in [0.2, 0.25) is 17.7 Å². The maximum Gasteiger partial charge on any atom is 0.240 e. The average molecular weight is 498 g/mol. The third kappa shape index (κ3) is 8.31. The number of anilines is 2. The third-order valence-electron chi connectivity index (χ3n) is 6.13. The maximum absolute atomic E-state index is 13.2. The molecule has 188 valence electrons. The molecule has 0 spiro atoms. The highest BCUT2D eigenvalue weighted by Crippen LogP contribution is 2.22. The molecule has 3 amide bonds. The summed E-state index contributed by atoms with van der Waals surface area (Å²) in [6, 6.07) is 13.1. The number of aryl methyl sites for hydroxylation is 3. The summed E-state index contributed by atoms with van der Waals surface area (Å²) < 4.78 is 12.7. The van der Waals surface area contributed by atoms with E-state index in [1.54, 1.807) is 12.1 Å². The molecule has 1 aliphatic carbocycles. The molecule has 35 heavy (non-hydrogen) atoms. The smallest absolute Gasteiger partial charge is 0.240 e. The number of amides is 3. The van der Waals surface area contributed by atoms with Crippen LogP contribution < -0.4 is 15.5 Å². The Labute approximate surface area is 210 Å². The number of hydrogen-bond acceptors (Lipinski definition) is 4. The SMILES string of the molecule is Cc1ccc(NC(=O)C[S@](=O)CC(=O)N(CC(=O)NC2CCCCC2)c2ccc(C)cc2C)cc1. The molecule has 0 aliphatic heterocycles. The van der Waals surface area contributed by atoms with E-state index in [1.165, 1.54) is 11.3 Å². The van der Waals surface area contributed by atoms with Crippen molar-refractivity contribution in [1.82, 2.24) is 5.32 Å². The molecule has 2 aromatic carbocycles. The molecule has 0 bridgehead atoms. The Morgan fingerprint density at radius 2 is 1.54 bits per heavy atom. The van der Waals surface area contributed by atoms with Gasteiger partial charge in [0, 0.05) is 28.2 Å². The number of hydrogen-bond donors (Lipinski definition) is 2. The van der Waals surface area contributed by atoms with Gasteiger partial charge in [-0.15, -0.1) is 0 Å². The lowest BCUT2D eigenvalue weighted by molar-refractivity contribution is -0.123. The lowest BCUT2D eigenvalue weighted by atomic mass is 9.95. The molecule has 3 rings (SSSR count). The van der Waals surface area contributed by atoms with Crippen molar-refractivity contribution in [3.63, 3.8) is 0 Å². The summed E-state index contributed by atoms with van der Waals surface area (Å²) in [5, 5.41) is 5.75. The van der Waals surface area contributed by atoms with Crippen molar-refractivity contribution in [3.8, 4) is 0 Å². The number of benzene rings is 2. The zero-order valence-corrected chi connectivity index (χ0v) is 21.6. The molecule has 1 saturated carbocycles. The molecule has 0 aromatic heterocycles. The molecule has 2 N–H and O–H groups in total. The van der Waals surface area contributed by atoms with Crippen LogP contribution in [0.1, 0.15) is 48.8 Å². The van der Waals surface area contributed by atoms with Crippen LogP contribution in [0.25, 0.3) is 0 Å². The summed E-state index contributed by atoms with van der Waals surface area (Å²) in [6.45, 7) is 5.64. The van der Waals surface area contributed by atoms with Crippen LogP contribution in [-0.2, 0) is 25.2 Å². The van der Waals surface area contributed by atoms with E-state index >= 15 is 0 Å². The molecular formula is C27H35N3O4S. The number of nitrogens with one attached hydrogen (secondary N) is 2. The number of nitrogens with zero attached hydrogens (tertiary/aromatic N) is 1. The van der Waals surface area contributed by atoms with Gasteiger partial charge in [-0.1, -0.05) is 54.7 Å². The minimum Gasteiger partial charge on any atom is -0.352 e. The first-order chi connectivity index (χ1) is 16.7. The Kier molecular flexibility index (Phi) is 9.60. The van der Waals surface area contributed by atoms with Crippen LogP contribution in [0.2, 0.25) is 0 Å². The van der Waals surface area contributed by atoms with E-state index in [2.05, 4.69) is 10.6 Å². The van der Waals surface area contributed by atoms with Crippen molar-refractivity contribution in [3.05, 3.63) is 59.2 Å². The Morgan fingerprint density at radius 1 is 0.886 bits per heavy atom. The lowest BCUT2D eigenvalue weighted by Gasteiger charge is -2.27. The molecule has 1 fully saturated rings. The van der Waals surface area contributed by atoms with Crippen molar-refractivity contribution < 1.29 is 18.6 Å². The zero-order chi connectivity index (χ0) is 25.4. The van der Waals surface area contributed by atoms with Gasteiger partial charge in [-0.05, 0) is 57.4 Å². The predicted octanol–water partition coefficient (Wildman–Crippen LogP) is 3.78. The van der Waals surface area contributed by atoms with Crippen LogP contribution in [-0.4, -0.2) is 46.0 Å². The Bertz CT molecular complexity index is 1080. The molecule has 0 radical (unpaired) electrons. The highest BCUT2D eigenvalue weighted by Gasteiger charge is 2.25. The fourth-order valence-electron chi connectivity index (χ4n) is 4.33. The molecule has 0 heterocycles. The van der Waals surface area contributed by atoms with Gasteiger partial charge in [-0.3, -0.25) is 18.6 Å². The fourth-order valence-corrected chi connectivity index (χ4v) is 5.22. The van der Waals surface area contributed by atoms with Crippen LogP contribution >= 0.6 is 0 Å².